The van der Waals surface area contributed by atoms with E-state index in [2.05, 4.69) is 10.2 Å². The van der Waals surface area contributed by atoms with Crippen molar-refractivity contribution in [1.82, 2.24) is 15.1 Å². The van der Waals surface area contributed by atoms with E-state index in [1.165, 1.54) is 0 Å². The lowest BCUT2D eigenvalue weighted by atomic mass is 9.97. The molecule has 2 aliphatic rings. The lowest BCUT2D eigenvalue weighted by Gasteiger charge is -2.47. The lowest BCUT2D eigenvalue weighted by Crippen LogP contribution is -2.65. The van der Waals surface area contributed by atoms with Crippen LogP contribution in [0.3, 0.4) is 0 Å². The van der Waals surface area contributed by atoms with Gasteiger partial charge in [0, 0.05) is 19.6 Å². The second-order valence-corrected chi connectivity index (χ2v) is 5.93. The number of carbonyl (C=O) groups excluding carboxylic acids is 1. The van der Waals surface area contributed by atoms with Gasteiger partial charge in [-0.25, -0.2) is 9.59 Å². The van der Waals surface area contributed by atoms with Gasteiger partial charge >= 0.3 is 12.0 Å². The zero-order valence-electron chi connectivity index (χ0n) is 12.5. The molecule has 2 N–H and O–H groups in total. The summed E-state index contributed by atoms with van der Waals surface area (Å²) >= 11 is 0. The number of rotatable bonds is 5. The lowest BCUT2D eigenvalue weighted by molar-refractivity contribution is -0.159. The Morgan fingerprint density at radius 1 is 1.48 bits per heavy atom. The largest absolute Gasteiger partial charge is 0.480 e. The van der Waals surface area contributed by atoms with Crippen LogP contribution in [0.25, 0.3) is 0 Å². The van der Waals surface area contributed by atoms with Gasteiger partial charge in [0.25, 0.3) is 0 Å². The van der Waals surface area contributed by atoms with Crippen molar-refractivity contribution in [2.24, 2.45) is 0 Å². The molecule has 0 bridgehead atoms. The minimum absolute atomic E-state index is 0.0172. The highest BCUT2D eigenvalue weighted by Crippen LogP contribution is 2.24. The van der Waals surface area contributed by atoms with Gasteiger partial charge in [-0.3, -0.25) is 0 Å². The average Bonchev–Trinajstić information content (AvgIpc) is 2.39. The summed E-state index contributed by atoms with van der Waals surface area (Å²) < 4.78 is 10.8. The Bertz CT molecular complexity index is 397. The van der Waals surface area contributed by atoms with Crippen molar-refractivity contribution in [2.45, 2.75) is 18.6 Å². The maximum atomic E-state index is 11.9. The summed E-state index contributed by atoms with van der Waals surface area (Å²) in [6, 6.07) is -0.164. The molecule has 2 fully saturated rings. The van der Waals surface area contributed by atoms with E-state index in [1.54, 1.807) is 11.8 Å². The molecule has 0 saturated carbocycles. The Balaban J connectivity index is 1.65. The molecule has 8 heteroatoms. The highest BCUT2D eigenvalue weighted by atomic mass is 16.5. The second-order valence-electron chi connectivity index (χ2n) is 5.93. The number of carboxylic acid groups (broad SMARTS) is 1. The van der Waals surface area contributed by atoms with Crippen molar-refractivity contribution in [2.75, 3.05) is 53.0 Å². The summed E-state index contributed by atoms with van der Waals surface area (Å²) in [5, 5.41) is 11.4. The molecule has 8 nitrogen and oxygen atoms in total. The molecule has 21 heavy (non-hydrogen) atoms. The predicted octanol–water partition coefficient (Wildman–Crippen LogP) is -0.798. The Morgan fingerprint density at radius 2 is 2.19 bits per heavy atom. The van der Waals surface area contributed by atoms with Crippen molar-refractivity contribution < 1.29 is 24.2 Å². The summed E-state index contributed by atoms with van der Waals surface area (Å²) in [5.41, 5.74) is -0.558. The van der Waals surface area contributed by atoms with E-state index in [0.717, 1.165) is 13.1 Å². The third-order valence-corrected chi connectivity index (χ3v) is 3.70. The van der Waals surface area contributed by atoms with Gasteiger partial charge in [0.2, 0.25) is 0 Å². The van der Waals surface area contributed by atoms with Gasteiger partial charge in [0.1, 0.15) is 12.2 Å². The highest BCUT2D eigenvalue weighted by Gasteiger charge is 2.42. The molecule has 1 atom stereocenters. The molecular weight excluding hydrogens is 278 g/mol. The van der Waals surface area contributed by atoms with E-state index < -0.39 is 11.6 Å². The summed E-state index contributed by atoms with van der Waals surface area (Å²) in [5.74, 6) is -1.00. The van der Waals surface area contributed by atoms with Gasteiger partial charge in [-0.1, -0.05) is 0 Å². The summed E-state index contributed by atoms with van der Waals surface area (Å²) in [6.07, 6.45) is 0.0172. The number of nitrogens with one attached hydrogen (secondary N) is 1. The number of likely N-dealkylation sites (N-methyl/N-ethyl adjacent to an activating group) is 1. The number of carboxylic acids is 1. The molecule has 0 aromatic carbocycles. The van der Waals surface area contributed by atoms with Gasteiger partial charge in [-0.05, 0) is 14.0 Å². The van der Waals surface area contributed by atoms with Gasteiger partial charge in [0.15, 0.2) is 0 Å². The van der Waals surface area contributed by atoms with Gasteiger partial charge < -0.3 is 29.7 Å². The maximum absolute atomic E-state index is 11.9. The molecule has 0 aliphatic carbocycles. The number of nitrogens with zero attached hydrogens (tertiary/aromatic N) is 2. The number of hydrogen-bond acceptors (Lipinski definition) is 5. The Morgan fingerprint density at radius 3 is 2.81 bits per heavy atom. The molecule has 1 unspecified atom stereocenters. The van der Waals surface area contributed by atoms with E-state index in [4.69, 9.17) is 14.6 Å². The predicted molar refractivity (Wildman–Crippen MR) is 74.2 cm³/mol. The van der Waals surface area contributed by atoms with Crippen molar-refractivity contribution in [3.05, 3.63) is 0 Å². The van der Waals surface area contributed by atoms with Gasteiger partial charge in [-0.15, -0.1) is 0 Å². The molecule has 2 rings (SSSR count). The Labute approximate surface area is 124 Å². The molecule has 0 radical (unpaired) electrons. The van der Waals surface area contributed by atoms with Crippen LogP contribution in [0.15, 0.2) is 0 Å². The third kappa shape index (κ3) is 4.55. The highest BCUT2D eigenvalue weighted by molar-refractivity contribution is 5.75. The van der Waals surface area contributed by atoms with Crippen LogP contribution in [0.4, 0.5) is 4.79 Å². The zero-order chi connectivity index (χ0) is 15.5. The second kappa shape index (κ2) is 6.59. The minimum atomic E-state index is -1.00. The molecule has 0 spiro atoms. The average molecular weight is 301 g/mol. The third-order valence-electron chi connectivity index (χ3n) is 3.70. The van der Waals surface area contributed by atoms with E-state index in [0.29, 0.717) is 26.2 Å². The SMILES string of the molecule is CN1CCOC(CNC(=O)N2CC(C)(OCC(=O)O)C2)C1. The van der Waals surface area contributed by atoms with Crippen LogP contribution in [-0.4, -0.2) is 91.6 Å². The monoisotopic (exact) mass is 301 g/mol. The Hall–Kier alpha value is -1.38. The topological polar surface area (TPSA) is 91.3 Å². The first-order chi connectivity index (χ1) is 9.88. The Kier molecular flexibility index (Phi) is 5.02. The minimum Gasteiger partial charge on any atom is -0.480 e. The molecule has 2 aliphatic heterocycles. The normalized spacial score (nSPS) is 25.2. The number of aliphatic carboxylic acids is 1. The van der Waals surface area contributed by atoms with Crippen LogP contribution >= 0.6 is 0 Å². The fourth-order valence-electron chi connectivity index (χ4n) is 2.54. The van der Waals surface area contributed by atoms with E-state index in [9.17, 15) is 9.59 Å². The van der Waals surface area contributed by atoms with Crippen LogP contribution in [0.5, 0.6) is 0 Å². The van der Waals surface area contributed by atoms with Crippen LogP contribution < -0.4 is 5.32 Å². The molecule has 120 valence electrons. The molecular formula is C13H23N3O5. The summed E-state index contributed by atoms with van der Waals surface area (Å²) in [7, 11) is 2.03. The van der Waals surface area contributed by atoms with Crippen LogP contribution in [0.2, 0.25) is 0 Å². The number of ether oxygens (including phenoxy) is 2. The quantitative estimate of drug-likeness (QED) is 0.691. The maximum Gasteiger partial charge on any atom is 0.329 e. The van der Waals surface area contributed by atoms with E-state index in [1.807, 2.05) is 7.05 Å². The van der Waals surface area contributed by atoms with Crippen LogP contribution in [0.1, 0.15) is 6.92 Å². The molecule has 0 aromatic rings. The number of hydrogen-bond donors (Lipinski definition) is 2. The van der Waals surface area contributed by atoms with Crippen LogP contribution in [0, 0.1) is 0 Å². The van der Waals surface area contributed by atoms with Crippen molar-refractivity contribution in [1.29, 1.82) is 0 Å². The summed E-state index contributed by atoms with van der Waals surface area (Å²) in [6.45, 7) is 5.14. The molecule has 2 heterocycles. The van der Waals surface area contributed by atoms with Gasteiger partial charge in [-0.2, -0.15) is 0 Å². The zero-order valence-corrected chi connectivity index (χ0v) is 12.5. The molecule has 2 amide bonds. The van der Waals surface area contributed by atoms with E-state index in [-0.39, 0.29) is 18.7 Å². The number of likely N-dealkylation sites (tertiary alicyclic amines) is 1. The standard InChI is InChI=1S/C13H23N3O5/c1-13(21-7-11(17)18)8-16(9-13)12(19)14-5-10-6-15(2)3-4-20-10/h10H,3-9H2,1-2H3,(H,14,19)(H,17,18). The number of morpholine rings is 1. The van der Waals surface area contributed by atoms with Crippen LogP contribution in [-0.2, 0) is 14.3 Å². The van der Waals surface area contributed by atoms with Crippen molar-refractivity contribution >= 4 is 12.0 Å². The fourth-order valence-corrected chi connectivity index (χ4v) is 2.54. The van der Waals surface area contributed by atoms with E-state index >= 15 is 0 Å². The molecule has 2 saturated heterocycles. The number of carbonyl (C=O) groups is 2. The molecule has 0 aromatic heterocycles. The van der Waals surface area contributed by atoms with Crippen molar-refractivity contribution in [3.8, 4) is 0 Å². The first-order valence-corrected chi connectivity index (χ1v) is 7.07. The fraction of sp³-hybridized carbons (Fsp3) is 0.846. The smallest absolute Gasteiger partial charge is 0.329 e. The summed E-state index contributed by atoms with van der Waals surface area (Å²) in [4.78, 5) is 26.2. The number of urea groups is 1. The van der Waals surface area contributed by atoms with Crippen molar-refractivity contribution in [3.63, 3.8) is 0 Å². The number of amides is 2. The first kappa shape index (κ1) is 16.0. The first-order valence-electron chi connectivity index (χ1n) is 7.07. The van der Waals surface area contributed by atoms with Gasteiger partial charge in [0.05, 0.1) is 25.8 Å².